The van der Waals surface area contributed by atoms with Crippen LogP contribution in [0.3, 0.4) is 0 Å². The lowest BCUT2D eigenvalue weighted by Crippen LogP contribution is -2.48. The van der Waals surface area contributed by atoms with Crippen LogP contribution in [-0.4, -0.2) is 50.2 Å². The summed E-state index contributed by atoms with van der Waals surface area (Å²) in [5.41, 5.74) is -0.539. The monoisotopic (exact) mass is 284 g/mol. The molecule has 0 amide bonds. The van der Waals surface area contributed by atoms with Crippen molar-refractivity contribution < 1.29 is 9.53 Å². The summed E-state index contributed by atoms with van der Waals surface area (Å²) in [5.74, 6) is 0.799. The van der Waals surface area contributed by atoms with Crippen molar-refractivity contribution in [2.24, 2.45) is 5.92 Å². The van der Waals surface area contributed by atoms with E-state index in [1.165, 1.54) is 25.8 Å². The van der Waals surface area contributed by atoms with Gasteiger partial charge in [0, 0.05) is 6.54 Å². The van der Waals surface area contributed by atoms with Crippen LogP contribution in [0.25, 0.3) is 0 Å². The van der Waals surface area contributed by atoms with Gasteiger partial charge in [0.1, 0.15) is 5.54 Å². The molecule has 0 saturated heterocycles. The highest BCUT2D eigenvalue weighted by molar-refractivity contribution is 5.80. The minimum atomic E-state index is -0.539. The summed E-state index contributed by atoms with van der Waals surface area (Å²) in [6.45, 7) is 6.59. The van der Waals surface area contributed by atoms with Crippen LogP contribution in [-0.2, 0) is 9.53 Å². The highest BCUT2D eigenvalue weighted by Gasteiger charge is 2.32. The molecule has 1 unspecified atom stereocenters. The number of esters is 1. The van der Waals surface area contributed by atoms with Gasteiger partial charge in [-0.25, -0.2) is 0 Å². The number of likely N-dealkylation sites (N-methyl/N-ethyl adjacent to an activating group) is 1. The molecule has 1 atom stereocenters. The number of carbonyl (C=O) groups is 1. The lowest BCUT2D eigenvalue weighted by molar-refractivity contribution is -0.150. The van der Waals surface area contributed by atoms with E-state index in [1.54, 1.807) is 0 Å². The normalized spacial score (nSPS) is 18.6. The second-order valence-electron chi connectivity index (χ2n) is 6.32. The van der Waals surface area contributed by atoms with Crippen LogP contribution in [0.1, 0.15) is 52.4 Å². The Kier molecular flexibility index (Phi) is 7.52. The molecule has 0 spiro atoms. The summed E-state index contributed by atoms with van der Waals surface area (Å²) >= 11 is 0. The number of unbranched alkanes of at least 4 members (excludes halogenated alkanes) is 1. The maximum atomic E-state index is 11.9. The summed E-state index contributed by atoms with van der Waals surface area (Å²) in [6.07, 6.45) is 7.25. The lowest BCUT2D eigenvalue weighted by atomic mass is 9.85. The van der Waals surface area contributed by atoms with Crippen molar-refractivity contribution >= 4 is 5.97 Å². The number of hydrogen-bond donors (Lipinski definition) is 1. The Morgan fingerprint density at radius 3 is 2.60 bits per heavy atom. The summed E-state index contributed by atoms with van der Waals surface area (Å²) in [6, 6.07) is 0. The van der Waals surface area contributed by atoms with E-state index >= 15 is 0 Å². The maximum Gasteiger partial charge on any atom is 0.326 e. The van der Waals surface area contributed by atoms with E-state index in [0.717, 1.165) is 31.7 Å². The number of nitrogens with one attached hydrogen (secondary N) is 1. The molecule has 0 bridgehead atoms. The lowest BCUT2D eigenvalue weighted by Gasteiger charge is -2.30. The standard InChI is InChI=1S/C16H32N2O2/c1-5-20-15(19)16(2,17-3)11-6-7-12-18(4)13-14-9-8-10-14/h14,17H,5-13H2,1-4H3. The van der Waals surface area contributed by atoms with Gasteiger partial charge in [0.25, 0.3) is 0 Å². The van der Waals surface area contributed by atoms with Gasteiger partial charge in [-0.1, -0.05) is 6.42 Å². The largest absolute Gasteiger partial charge is 0.465 e. The Balaban J connectivity index is 2.18. The molecular weight excluding hydrogens is 252 g/mol. The van der Waals surface area contributed by atoms with Crippen LogP contribution in [0.4, 0.5) is 0 Å². The quantitative estimate of drug-likeness (QED) is 0.494. The molecule has 1 aliphatic rings. The minimum absolute atomic E-state index is 0.134. The third-order valence-corrected chi connectivity index (χ3v) is 4.54. The molecule has 1 aliphatic carbocycles. The van der Waals surface area contributed by atoms with Crippen LogP contribution in [0.5, 0.6) is 0 Å². The minimum Gasteiger partial charge on any atom is -0.465 e. The fourth-order valence-electron chi connectivity index (χ4n) is 2.69. The van der Waals surface area contributed by atoms with Gasteiger partial charge >= 0.3 is 5.97 Å². The zero-order valence-electron chi connectivity index (χ0n) is 13.7. The SMILES string of the molecule is CCOC(=O)C(C)(CCCCN(C)CC1CCC1)NC. The van der Waals surface area contributed by atoms with Gasteiger partial charge in [-0.15, -0.1) is 0 Å². The van der Waals surface area contributed by atoms with E-state index in [4.69, 9.17) is 4.74 Å². The molecule has 0 aromatic carbocycles. The van der Waals surface area contributed by atoms with E-state index in [0.29, 0.717) is 6.61 Å². The number of hydrogen-bond acceptors (Lipinski definition) is 4. The van der Waals surface area contributed by atoms with Gasteiger partial charge in [-0.2, -0.15) is 0 Å². The molecule has 118 valence electrons. The summed E-state index contributed by atoms with van der Waals surface area (Å²) in [7, 11) is 4.04. The molecule has 4 nitrogen and oxygen atoms in total. The van der Waals surface area contributed by atoms with Crippen molar-refractivity contribution in [2.45, 2.75) is 57.9 Å². The Morgan fingerprint density at radius 2 is 2.10 bits per heavy atom. The maximum absolute atomic E-state index is 11.9. The van der Waals surface area contributed by atoms with Crippen molar-refractivity contribution in [3.63, 3.8) is 0 Å². The van der Waals surface area contributed by atoms with Crippen molar-refractivity contribution in [2.75, 3.05) is 33.8 Å². The topological polar surface area (TPSA) is 41.6 Å². The number of nitrogens with zero attached hydrogens (tertiary/aromatic N) is 1. The molecule has 1 N–H and O–H groups in total. The number of ether oxygens (including phenoxy) is 1. The highest BCUT2D eigenvalue weighted by atomic mass is 16.5. The average Bonchev–Trinajstić information content (AvgIpc) is 2.39. The fraction of sp³-hybridized carbons (Fsp3) is 0.938. The Hall–Kier alpha value is -0.610. The average molecular weight is 284 g/mol. The molecule has 0 heterocycles. The Labute approximate surface area is 124 Å². The molecule has 0 aromatic rings. The molecule has 0 aromatic heterocycles. The first-order chi connectivity index (χ1) is 9.51. The molecule has 1 rings (SSSR count). The summed E-state index contributed by atoms with van der Waals surface area (Å²) < 4.78 is 5.14. The second-order valence-corrected chi connectivity index (χ2v) is 6.32. The zero-order valence-corrected chi connectivity index (χ0v) is 13.7. The summed E-state index contributed by atoms with van der Waals surface area (Å²) in [5, 5.41) is 3.11. The third-order valence-electron chi connectivity index (χ3n) is 4.54. The Bertz CT molecular complexity index is 292. The van der Waals surface area contributed by atoms with E-state index in [2.05, 4.69) is 17.3 Å². The molecule has 1 fully saturated rings. The van der Waals surface area contributed by atoms with Crippen LogP contribution >= 0.6 is 0 Å². The zero-order chi connectivity index (χ0) is 15.0. The molecule has 1 saturated carbocycles. The molecule has 4 heteroatoms. The van der Waals surface area contributed by atoms with Crippen molar-refractivity contribution in [1.82, 2.24) is 10.2 Å². The third kappa shape index (κ3) is 5.41. The van der Waals surface area contributed by atoms with E-state index < -0.39 is 5.54 Å². The van der Waals surface area contributed by atoms with Gasteiger partial charge in [-0.3, -0.25) is 4.79 Å². The first kappa shape index (κ1) is 17.4. The van der Waals surface area contributed by atoms with Crippen LogP contribution in [0, 0.1) is 5.92 Å². The van der Waals surface area contributed by atoms with Gasteiger partial charge in [0.05, 0.1) is 6.61 Å². The van der Waals surface area contributed by atoms with Crippen molar-refractivity contribution in [3.8, 4) is 0 Å². The molecular formula is C16H32N2O2. The van der Waals surface area contributed by atoms with Gasteiger partial charge in [0.2, 0.25) is 0 Å². The molecule has 20 heavy (non-hydrogen) atoms. The van der Waals surface area contributed by atoms with E-state index in [9.17, 15) is 4.79 Å². The van der Waals surface area contributed by atoms with Gasteiger partial charge < -0.3 is 15.0 Å². The fourth-order valence-corrected chi connectivity index (χ4v) is 2.69. The predicted octanol–water partition coefficient (Wildman–Crippen LogP) is 2.43. The summed E-state index contributed by atoms with van der Waals surface area (Å²) in [4.78, 5) is 14.4. The second kappa shape index (κ2) is 8.63. The number of carbonyl (C=O) groups excluding carboxylic acids is 1. The first-order valence-electron chi connectivity index (χ1n) is 8.06. The van der Waals surface area contributed by atoms with Gasteiger partial charge in [0.15, 0.2) is 0 Å². The number of rotatable bonds is 10. The van der Waals surface area contributed by atoms with Crippen LogP contribution in [0.15, 0.2) is 0 Å². The smallest absolute Gasteiger partial charge is 0.326 e. The van der Waals surface area contributed by atoms with Crippen molar-refractivity contribution in [1.29, 1.82) is 0 Å². The van der Waals surface area contributed by atoms with Crippen molar-refractivity contribution in [3.05, 3.63) is 0 Å². The van der Waals surface area contributed by atoms with E-state index in [-0.39, 0.29) is 5.97 Å². The van der Waals surface area contributed by atoms with Crippen LogP contribution < -0.4 is 5.32 Å². The predicted molar refractivity (Wildman–Crippen MR) is 82.8 cm³/mol. The molecule has 0 aliphatic heterocycles. The molecule has 0 radical (unpaired) electrons. The highest BCUT2D eigenvalue weighted by Crippen LogP contribution is 2.26. The van der Waals surface area contributed by atoms with Gasteiger partial charge in [-0.05, 0) is 72.5 Å². The first-order valence-corrected chi connectivity index (χ1v) is 8.06. The van der Waals surface area contributed by atoms with E-state index in [1.807, 2.05) is 20.9 Å². The van der Waals surface area contributed by atoms with Crippen LogP contribution in [0.2, 0.25) is 0 Å². The Morgan fingerprint density at radius 1 is 1.40 bits per heavy atom.